The quantitative estimate of drug-likeness (QED) is 0.915. The first-order valence-electron chi connectivity index (χ1n) is 6.77. The lowest BCUT2D eigenvalue weighted by Gasteiger charge is -2.30. The molecule has 7 heteroatoms. The standard InChI is InChI=1S/C14H22N2O3S.ClH/c1-10-8-11(2)14(13(9-10)19-3)20(17,18)16-6-4-12(15)5-7-16;/h8-9,12H,4-7,15H2,1-3H3;1H. The van der Waals surface area contributed by atoms with E-state index in [1.165, 1.54) is 11.4 Å². The third-order valence-electron chi connectivity index (χ3n) is 3.70. The fourth-order valence-corrected chi connectivity index (χ4v) is 4.45. The smallest absolute Gasteiger partial charge is 0.247 e. The fraction of sp³-hybridized carbons (Fsp3) is 0.571. The number of aryl methyl sites for hydroxylation is 2. The Bertz CT molecular complexity index is 596. The molecule has 0 bridgehead atoms. The van der Waals surface area contributed by atoms with Crippen molar-refractivity contribution in [2.45, 2.75) is 37.6 Å². The van der Waals surface area contributed by atoms with Crippen molar-refractivity contribution in [2.75, 3.05) is 20.2 Å². The number of sulfonamides is 1. The lowest BCUT2D eigenvalue weighted by Crippen LogP contribution is -2.43. The maximum Gasteiger partial charge on any atom is 0.247 e. The molecular weight excluding hydrogens is 312 g/mol. The maximum atomic E-state index is 12.8. The zero-order valence-electron chi connectivity index (χ0n) is 12.6. The van der Waals surface area contributed by atoms with Gasteiger partial charge in [-0.15, -0.1) is 12.4 Å². The van der Waals surface area contributed by atoms with Crippen LogP contribution in [0.5, 0.6) is 5.75 Å². The average molecular weight is 335 g/mol. The van der Waals surface area contributed by atoms with Gasteiger partial charge in [0.1, 0.15) is 10.6 Å². The highest BCUT2D eigenvalue weighted by Crippen LogP contribution is 2.32. The Kier molecular flexibility index (Phi) is 6.04. The number of rotatable bonds is 3. The number of piperidine rings is 1. The van der Waals surface area contributed by atoms with Crippen molar-refractivity contribution in [1.29, 1.82) is 0 Å². The van der Waals surface area contributed by atoms with Crippen molar-refractivity contribution in [3.05, 3.63) is 23.3 Å². The summed E-state index contributed by atoms with van der Waals surface area (Å²) in [6.45, 7) is 4.67. The number of halogens is 1. The number of ether oxygens (including phenoxy) is 1. The van der Waals surface area contributed by atoms with Crippen molar-refractivity contribution < 1.29 is 13.2 Å². The highest BCUT2D eigenvalue weighted by Gasteiger charge is 2.32. The van der Waals surface area contributed by atoms with Gasteiger partial charge in [-0.2, -0.15) is 4.31 Å². The monoisotopic (exact) mass is 334 g/mol. The van der Waals surface area contributed by atoms with E-state index < -0.39 is 10.0 Å². The highest BCUT2D eigenvalue weighted by molar-refractivity contribution is 7.89. The third-order valence-corrected chi connectivity index (χ3v) is 5.79. The molecule has 1 aliphatic heterocycles. The van der Waals surface area contributed by atoms with Crippen molar-refractivity contribution in [1.82, 2.24) is 4.31 Å². The first kappa shape index (κ1) is 18.2. The van der Waals surface area contributed by atoms with Gasteiger partial charge in [-0.1, -0.05) is 6.07 Å². The summed E-state index contributed by atoms with van der Waals surface area (Å²) >= 11 is 0. The van der Waals surface area contributed by atoms with Gasteiger partial charge < -0.3 is 10.5 Å². The molecule has 1 aromatic carbocycles. The van der Waals surface area contributed by atoms with Crippen LogP contribution >= 0.6 is 12.4 Å². The van der Waals surface area contributed by atoms with E-state index in [1.807, 2.05) is 13.0 Å². The van der Waals surface area contributed by atoms with Crippen molar-refractivity contribution in [3.63, 3.8) is 0 Å². The topological polar surface area (TPSA) is 72.6 Å². The van der Waals surface area contributed by atoms with Crippen LogP contribution < -0.4 is 10.5 Å². The summed E-state index contributed by atoms with van der Waals surface area (Å²) in [5.74, 6) is 0.414. The lowest BCUT2D eigenvalue weighted by molar-refractivity contribution is 0.317. The molecule has 1 fully saturated rings. The molecule has 0 aliphatic carbocycles. The summed E-state index contributed by atoms with van der Waals surface area (Å²) < 4.78 is 32.4. The Morgan fingerprint density at radius 1 is 1.24 bits per heavy atom. The molecule has 0 atom stereocenters. The number of methoxy groups -OCH3 is 1. The van der Waals surface area contributed by atoms with Crippen LogP contribution in [0.1, 0.15) is 24.0 Å². The van der Waals surface area contributed by atoms with Gasteiger partial charge in [0.25, 0.3) is 0 Å². The number of benzene rings is 1. The molecule has 1 heterocycles. The number of hydrogen-bond acceptors (Lipinski definition) is 4. The summed E-state index contributed by atoms with van der Waals surface area (Å²) in [4.78, 5) is 0.279. The molecule has 2 N–H and O–H groups in total. The molecule has 1 saturated heterocycles. The van der Waals surface area contributed by atoms with E-state index >= 15 is 0 Å². The normalized spacial score (nSPS) is 17.3. The largest absolute Gasteiger partial charge is 0.495 e. The maximum absolute atomic E-state index is 12.8. The third kappa shape index (κ3) is 3.69. The average Bonchev–Trinajstić information content (AvgIpc) is 2.37. The predicted octanol–water partition coefficient (Wildman–Crippen LogP) is 1.85. The molecule has 21 heavy (non-hydrogen) atoms. The summed E-state index contributed by atoms with van der Waals surface area (Å²) in [5.41, 5.74) is 7.54. The first-order chi connectivity index (χ1) is 9.36. The van der Waals surface area contributed by atoms with Crippen LogP contribution in [0.2, 0.25) is 0 Å². The second kappa shape index (κ2) is 6.96. The molecule has 1 aromatic rings. The lowest BCUT2D eigenvalue weighted by atomic mass is 10.1. The van der Waals surface area contributed by atoms with E-state index in [-0.39, 0.29) is 23.3 Å². The van der Waals surface area contributed by atoms with E-state index in [4.69, 9.17) is 10.5 Å². The van der Waals surface area contributed by atoms with Crippen LogP contribution in [0.3, 0.4) is 0 Å². The van der Waals surface area contributed by atoms with Crippen molar-refractivity contribution >= 4 is 22.4 Å². The van der Waals surface area contributed by atoms with Gasteiger partial charge in [0.05, 0.1) is 7.11 Å². The van der Waals surface area contributed by atoms with Gasteiger partial charge in [0.2, 0.25) is 10.0 Å². The Labute approximate surface area is 132 Å². The molecule has 5 nitrogen and oxygen atoms in total. The van der Waals surface area contributed by atoms with E-state index in [2.05, 4.69) is 0 Å². The van der Waals surface area contributed by atoms with Crippen molar-refractivity contribution in [2.24, 2.45) is 5.73 Å². The molecule has 0 spiro atoms. The molecule has 120 valence electrons. The van der Waals surface area contributed by atoms with Gasteiger partial charge in [-0.25, -0.2) is 8.42 Å². The molecule has 0 saturated carbocycles. The second-order valence-electron chi connectivity index (χ2n) is 5.35. The van der Waals surface area contributed by atoms with Crippen LogP contribution in [-0.4, -0.2) is 39.0 Å². The van der Waals surface area contributed by atoms with Gasteiger partial charge in [0, 0.05) is 19.1 Å². The summed E-state index contributed by atoms with van der Waals surface area (Å²) in [5, 5.41) is 0. The molecule has 1 aliphatic rings. The van der Waals surface area contributed by atoms with Crippen LogP contribution in [0, 0.1) is 13.8 Å². The van der Waals surface area contributed by atoms with E-state index in [0.717, 1.165) is 11.1 Å². The van der Waals surface area contributed by atoms with E-state index in [9.17, 15) is 8.42 Å². The molecule has 0 amide bonds. The zero-order valence-corrected chi connectivity index (χ0v) is 14.3. The number of hydrogen-bond donors (Lipinski definition) is 1. The fourth-order valence-electron chi connectivity index (χ4n) is 2.64. The van der Waals surface area contributed by atoms with Crippen LogP contribution in [0.15, 0.2) is 17.0 Å². The van der Waals surface area contributed by atoms with Crippen LogP contribution in [-0.2, 0) is 10.0 Å². The SMILES string of the molecule is COc1cc(C)cc(C)c1S(=O)(=O)N1CCC(N)CC1.Cl. The Balaban J connectivity index is 0.00000220. The molecule has 0 radical (unpaired) electrons. The minimum atomic E-state index is -3.52. The van der Waals surface area contributed by atoms with Gasteiger partial charge in [0.15, 0.2) is 0 Å². The van der Waals surface area contributed by atoms with Crippen LogP contribution in [0.4, 0.5) is 0 Å². The molecular formula is C14H23ClN2O3S. The molecule has 0 unspecified atom stereocenters. The summed E-state index contributed by atoms with van der Waals surface area (Å²) in [7, 11) is -2.02. The molecule has 2 rings (SSSR count). The van der Waals surface area contributed by atoms with E-state index in [1.54, 1.807) is 13.0 Å². The Morgan fingerprint density at radius 2 is 1.81 bits per heavy atom. The minimum absolute atomic E-state index is 0. The Morgan fingerprint density at radius 3 is 2.33 bits per heavy atom. The predicted molar refractivity (Wildman–Crippen MR) is 85.7 cm³/mol. The highest BCUT2D eigenvalue weighted by atomic mass is 35.5. The number of nitrogens with two attached hydrogens (primary N) is 1. The zero-order chi connectivity index (χ0) is 14.9. The first-order valence-corrected chi connectivity index (χ1v) is 8.21. The minimum Gasteiger partial charge on any atom is -0.495 e. The molecule has 0 aromatic heterocycles. The number of nitrogens with zero attached hydrogens (tertiary/aromatic N) is 1. The second-order valence-corrected chi connectivity index (χ2v) is 7.23. The van der Waals surface area contributed by atoms with Crippen molar-refractivity contribution in [3.8, 4) is 5.75 Å². The summed E-state index contributed by atoms with van der Waals surface area (Å²) in [6, 6.07) is 3.73. The van der Waals surface area contributed by atoms with Gasteiger partial charge in [-0.05, 0) is 43.9 Å². The van der Waals surface area contributed by atoms with Gasteiger partial charge in [-0.3, -0.25) is 0 Å². The van der Waals surface area contributed by atoms with Gasteiger partial charge >= 0.3 is 0 Å². The Hall–Kier alpha value is -0.820. The van der Waals surface area contributed by atoms with E-state index in [0.29, 0.717) is 31.7 Å². The summed E-state index contributed by atoms with van der Waals surface area (Å²) in [6.07, 6.45) is 1.40. The van der Waals surface area contributed by atoms with Crippen LogP contribution in [0.25, 0.3) is 0 Å².